The molecule has 0 saturated carbocycles. The predicted molar refractivity (Wildman–Crippen MR) is 86.1 cm³/mol. The molecule has 0 aliphatic carbocycles. The number of ether oxygens (including phenoxy) is 1. The molecule has 2 rings (SSSR count). The van der Waals surface area contributed by atoms with Gasteiger partial charge in [0.1, 0.15) is 0 Å². The molecule has 1 saturated heterocycles. The minimum Gasteiger partial charge on any atom is -0.376 e. The van der Waals surface area contributed by atoms with Crippen LogP contribution in [0.25, 0.3) is 0 Å². The molecule has 1 unspecified atom stereocenters. The molecule has 5 heteroatoms. The van der Waals surface area contributed by atoms with Crippen molar-refractivity contribution in [2.75, 3.05) is 13.2 Å². The largest absolute Gasteiger partial charge is 0.376 e. The number of carbonyl (C=O) groups excluding carboxylic acids is 1. The molecule has 4 nitrogen and oxygen atoms in total. The van der Waals surface area contributed by atoms with Gasteiger partial charge in [0.15, 0.2) is 0 Å². The lowest BCUT2D eigenvalue weighted by atomic mass is 9.86. The highest BCUT2D eigenvalue weighted by Gasteiger charge is 2.32. The lowest BCUT2D eigenvalue weighted by Gasteiger charge is -2.33. The van der Waals surface area contributed by atoms with Crippen molar-refractivity contribution in [3.8, 4) is 0 Å². The molecule has 1 aliphatic rings. The fourth-order valence-electron chi connectivity index (χ4n) is 2.42. The van der Waals surface area contributed by atoms with Gasteiger partial charge in [-0.25, -0.2) is 0 Å². The number of hydrogen-bond donors (Lipinski definition) is 1. The van der Waals surface area contributed by atoms with E-state index in [1.165, 1.54) is 4.88 Å². The average molecular weight is 310 g/mol. The van der Waals surface area contributed by atoms with Crippen molar-refractivity contribution in [1.82, 2.24) is 4.90 Å². The van der Waals surface area contributed by atoms with Crippen molar-refractivity contribution in [1.29, 1.82) is 0 Å². The Bertz CT molecular complexity index is 447. The first-order valence-electron chi connectivity index (χ1n) is 7.56. The summed E-state index contributed by atoms with van der Waals surface area (Å²) in [5.41, 5.74) is 5.93. The molecule has 2 atom stereocenters. The molecule has 21 heavy (non-hydrogen) atoms. The zero-order valence-corrected chi connectivity index (χ0v) is 14.0. The lowest BCUT2D eigenvalue weighted by Crippen LogP contribution is -2.51. The van der Waals surface area contributed by atoms with Crippen LogP contribution in [-0.4, -0.2) is 36.1 Å². The van der Waals surface area contributed by atoms with E-state index in [-0.39, 0.29) is 17.4 Å². The van der Waals surface area contributed by atoms with Gasteiger partial charge in [-0.15, -0.1) is 11.3 Å². The summed E-state index contributed by atoms with van der Waals surface area (Å²) in [6.45, 7) is 8.08. The minimum absolute atomic E-state index is 0.0198. The first-order chi connectivity index (χ1) is 9.88. The van der Waals surface area contributed by atoms with Crippen molar-refractivity contribution >= 4 is 17.2 Å². The number of rotatable bonds is 5. The molecule has 118 valence electrons. The summed E-state index contributed by atoms with van der Waals surface area (Å²) in [7, 11) is 0. The van der Waals surface area contributed by atoms with E-state index in [4.69, 9.17) is 10.5 Å². The second-order valence-electron chi connectivity index (χ2n) is 6.78. The Labute approximate surface area is 131 Å². The molecular formula is C16H26N2O2S. The van der Waals surface area contributed by atoms with E-state index in [2.05, 4.69) is 6.07 Å². The Morgan fingerprint density at radius 3 is 2.86 bits per heavy atom. The summed E-state index contributed by atoms with van der Waals surface area (Å²) in [6, 6.07) is 3.58. The lowest BCUT2D eigenvalue weighted by molar-refractivity contribution is -0.137. The summed E-state index contributed by atoms with van der Waals surface area (Å²) >= 11 is 1.67. The Kier molecular flexibility index (Phi) is 5.41. The summed E-state index contributed by atoms with van der Waals surface area (Å²) in [6.07, 6.45) is 2.26. The monoisotopic (exact) mass is 310 g/mol. The standard InChI is InChI=1S/C16H26N2O2S/c1-16(2,3)14(17)15(19)18(10-12-6-4-8-20-12)11-13-7-5-9-21-13/h5,7,9,12,14H,4,6,8,10-11,17H2,1-3H3/t12?,14-/m0/s1. The third kappa shape index (κ3) is 4.53. The maximum atomic E-state index is 12.8. The van der Waals surface area contributed by atoms with Gasteiger partial charge in [0.2, 0.25) is 5.91 Å². The van der Waals surface area contributed by atoms with Crippen molar-refractivity contribution in [2.24, 2.45) is 11.1 Å². The van der Waals surface area contributed by atoms with Crippen LogP contribution in [0.3, 0.4) is 0 Å². The molecule has 0 spiro atoms. The van der Waals surface area contributed by atoms with Gasteiger partial charge in [0.05, 0.1) is 18.7 Å². The van der Waals surface area contributed by atoms with Crippen LogP contribution in [0.15, 0.2) is 17.5 Å². The van der Waals surface area contributed by atoms with E-state index >= 15 is 0 Å². The number of hydrogen-bond acceptors (Lipinski definition) is 4. The summed E-state index contributed by atoms with van der Waals surface area (Å²) in [5.74, 6) is 0.0198. The van der Waals surface area contributed by atoms with Gasteiger partial charge >= 0.3 is 0 Å². The van der Waals surface area contributed by atoms with Crippen LogP contribution in [0.4, 0.5) is 0 Å². The van der Waals surface area contributed by atoms with E-state index in [0.29, 0.717) is 13.1 Å². The molecule has 1 aromatic heterocycles. The first kappa shape index (κ1) is 16.5. The quantitative estimate of drug-likeness (QED) is 0.909. The van der Waals surface area contributed by atoms with Crippen LogP contribution in [0.1, 0.15) is 38.5 Å². The van der Waals surface area contributed by atoms with Crippen molar-refractivity contribution in [3.05, 3.63) is 22.4 Å². The second-order valence-corrected chi connectivity index (χ2v) is 7.81. The Balaban J connectivity index is 2.08. The summed E-state index contributed by atoms with van der Waals surface area (Å²) in [5, 5.41) is 2.04. The third-order valence-electron chi connectivity index (χ3n) is 3.89. The maximum absolute atomic E-state index is 12.8. The zero-order valence-electron chi connectivity index (χ0n) is 13.2. The van der Waals surface area contributed by atoms with Crippen molar-refractivity contribution < 1.29 is 9.53 Å². The summed E-state index contributed by atoms with van der Waals surface area (Å²) < 4.78 is 5.69. The fraction of sp³-hybridized carbons (Fsp3) is 0.688. The van der Waals surface area contributed by atoms with Crippen LogP contribution in [0.5, 0.6) is 0 Å². The van der Waals surface area contributed by atoms with Crippen molar-refractivity contribution in [2.45, 2.75) is 52.3 Å². The highest BCUT2D eigenvalue weighted by Crippen LogP contribution is 2.22. The predicted octanol–water partition coefficient (Wildman–Crippen LogP) is 2.63. The average Bonchev–Trinajstić information content (AvgIpc) is 3.08. The number of nitrogens with two attached hydrogens (primary N) is 1. The number of carbonyl (C=O) groups is 1. The highest BCUT2D eigenvalue weighted by atomic mass is 32.1. The molecule has 0 radical (unpaired) electrons. The molecule has 1 aromatic rings. The normalized spacial score (nSPS) is 20.5. The Morgan fingerprint density at radius 1 is 1.57 bits per heavy atom. The third-order valence-corrected chi connectivity index (χ3v) is 4.75. The smallest absolute Gasteiger partial charge is 0.240 e. The van der Waals surface area contributed by atoms with Gasteiger partial charge in [-0.2, -0.15) is 0 Å². The Hall–Kier alpha value is -0.910. The summed E-state index contributed by atoms with van der Waals surface area (Å²) in [4.78, 5) is 15.8. The zero-order chi connectivity index (χ0) is 15.5. The molecule has 0 bridgehead atoms. The molecule has 2 heterocycles. The van der Waals surface area contributed by atoms with Gasteiger partial charge in [-0.1, -0.05) is 26.8 Å². The molecule has 1 aliphatic heterocycles. The number of amides is 1. The minimum atomic E-state index is -0.487. The van der Waals surface area contributed by atoms with Gasteiger partial charge in [-0.3, -0.25) is 4.79 Å². The van der Waals surface area contributed by atoms with Gasteiger partial charge < -0.3 is 15.4 Å². The van der Waals surface area contributed by atoms with Crippen molar-refractivity contribution in [3.63, 3.8) is 0 Å². The van der Waals surface area contributed by atoms with E-state index < -0.39 is 6.04 Å². The maximum Gasteiger partial charge on any atom is 0.240 e. The second kappa shape index (κ2) is 6.90. The fourth-order valence-corrected chi connectivity index (χ4v) is 3.14. The molecular weight excluding hydrogens is 284 g/mol. The van der Waals surface area contributed by atoms with Gasteiger partial charge in [0, 0.05) is 18.0 Å². The first-order valence-corrected chi connectivity index (χ1v) is 8.44. The Morgan fingerprint density at radius 2 is 2.33 bits per heavy atom. The van der Waals surface area contributed by atoms with E-state index in [9.17, 15) is 4.79 Å². The highest BCUT2D eigenvalue weighted by molar-refractivity contribution is 7.09. The SMILES string of the molecule is CC(C)(C)[C@@H](N)C(=O)N(Cc1cccs1)CC1CCCO1. The van der Waals surface area contributed by atoms with E-state index in [1.807, 2.05) is 37.1 Å². The van der Waals surface area contributed by atoms with Crippen LogP contribution in [0.2, 0.25) is 0 Å². The van der Waals surface area contributed by atoms with Crippen LogP contribution < -0.4 is 5.73 Å². The topological polar surface area (TPSA) is 55.6 Å². The molecule has 1 fully saturated rings. The number of nitrogens with zero attached hydrogens (tertiary/aromatic N) is 1. The van der Waals surface area contributed by atoms with Crippen LogP contribution >= 0.6 is 11.3 Å². The number of thiophene rings is 1. The molecule has 1 amide bonds. The molecule has 2 N–H and O–H groups in total. The molecule has 0 aromatic carbocycles. The van der Waals surface area contributed by atoms with E-state index in [0.717, 1.165) is 19.4 Å². The van der Waals surface area contributed by atoms with Crippen LogP contribution in [-0.2, 0) is 16.1 Å². The van der Waals surface area contributed by atoms with Crippen LogP contribution in [0, 0.1) is 5.41 Å². The van der Waals surface area contributed by atoms with E-state index in [1.54, 1.807) is 11.3 Å². The van der Waals surface area contributed by atoms with Gasteiger partial charge in [0.25, 0.3) is 0 Å². The van der Waals surface area contributed by atoms with Gasteiger partial charge in [-0.05, 0) is 29.7 Å².